The number of rotatable bonds is 13. The zero-order chi connectivity index (χ0) is 17.1. The smallest absolute Gasteiger partial charge is 0.224 e. The van der Waals surface area contributed by atoms with Crippen LogP contribution < -0.4 is 5.32 Å². The summed E-state index contributed by atoms with van der Waals surface area (Å²) in [6, 6.07) is 0. The lowest BCUT2D eigenvalue weighted by Crippen LogP contribution is -2.45. The Labute approximate surface area is 142 Å². The predicted molar refractivity (Wildman–Crippen MR) is 96.3 cm³/mol. The predicted octanol–water partition coefficient (Wildman–Crippen LogP) is 3.27. The average molecular weight is 326 g/mol. The summed E-state index contributed by atoms with van der Waals surface area (Å²) >= 11 is 0. The van der Waals surface area contributed by atoms with E-state index in [4.69, 9.17) is 4.74 Å². The van der Waals surface area contributed by atoms with E-state index in [1.807, 2.05) is 6.08 Å². The molecule has 2 atom stereocenters. The minimum absolute atomic E-state index is 0.119. The molecule has 0 saturated carbocycles. The van der Waals surface area contributed by atoms with Crippen molar-refractivity contribution < 1.29 is 14.0 Å². The third kappa shape index (κ3) is 9.77. The molecule has 0 bridgehead atoms. The maximum atomic E-state index is 11.8. The molecule has 0 aliphatic carbocycles. The van der Waals surface area contributed by atoms with E-state index in [1.54, 1.807) is 0 Å². The second kappa shape index (κ2) is 10.8. The van der Waals surface area contributed by atoms with Crippen molar-refractivity contribution in [1.29, 1.82) is 0 Å². The van der Waals surface area contributed by atoms with E-state index in [9.17, 15) is 4.79 Å². The maximum absolute atomic E-state index is 11.8. The Kier molecular flexibility index (Phi) is 9.49. The Morgan fingerprint density at radius 2 is 1.87 bits per heavy atom. The molecular formula is C19H37N2O2+. The number of quaternary nitrogens is 1. The van der Waals surface area contributed by atoms with Crippen molar-refractivity contribution in [2.24, 2.45) is 0 Å². The third-order valence-corrected chi connectivity index (χ3v) is 4.49. The molecule has 1 N–H and O–H groups in total. The number of carbonyl (C=O) groups is 1. The molecule has 1 aliphatic rings. The minimum atomic E-state index is 0.119. The van der Waals surface area contributed by atoms with Gasteiger partial charge in [-0.3, -0.25) is 4.79 Å². The van der Waals surface area contributed by atoms with Gasteiger partial charge >= 0.3 is 0 Å². The highest BCUT2D eigenvalue weighted by molar-refractivity contribution is 5.77. The van der Waals surface area contributed by atoms with Gasteiger partial charge in [0.1, 0.15) is 0 Å². The number of hydrogen-bond donors (Lipinski definition) is 1. The standard InChI is InChI=1S/C19H36N2O2/c1-5-7-8-11-17-18(23-17)12-9-10-13-19(22)20-14-16-21(3,4)15-6-2/h9-10,17-18H,5-8,11-16H2,1-4H3/p+1/b10-9+. The summed E-state index contributed by atoms with van der Waals surface area (Å²) in [7, 11) is 4.42. The summed E-state index contributed by atoms with van der Waals surface area (Å²) in [5, 5.41) is 3.01. The van der Waals surface area contributed by atoms with Gasteiger partial charge in [0.25, 0.3) is 0 Å². The molecule has 2 unspecified atom stereocenters. The van der Waals surface area contributed by atoms with Crippen LogP contribution in [0, 0.1) is 0 Å². The van der Waals surface area contributed by atoms with E-state index >= 15 is 0 Å². The molecule has 1 saturated heterocycles. The summed E-state index contributed by atoms with van der Waals surface area (Å²) in [5.41, 5.74) is 0. The van der Waals surface area contributed by atoms with Crippen LogP contribution in [-0.4, -0.2) is 56.3 Å². The first-order valence-electron chi connectivity index (χ1n) is 9.37. The molecule has 0 aromatic heterocycles. The van der Waals surface area contributed by atoms with Gasteiger partial charge in [0.2, 0.25) is 5.91 Å². The molecule has 1 rings (SSSR count). The lowest BCUT2D eigenvalue weighted by Gasteiger charge is -2.29. The topological polar surface area (TPSA) is 41.6 Å². The van der Waals surface area contributed by atoms with Gasteiger partial charge in [-0.1, -0.05) is 45.3 Å². The molecule has 4 nitrogen and oxygen atoms in total. The molecule has 1 amide bonds. The fourth-order valence-corrected chi connectivity index (χ4v) is 2.94. The van der Waals surface area contributed by atoms with Crippen molar-refractivity contribution in [2.75, 3.05) is 33.7 Å². The quantitative estimate of drug-likeness (QED) is 0.244. The number of hydrogen-bond acceptors (Lipinski definition) is 2. The van der Waals surface area contributed by atoms with Crippen LogP contribution in [0.4, 0.5) is 0 Å². The molecular weight excluding hydrogens is 288 g/mol. The van der Waals surface area contributed by atoms with Gasteiger partial charge < -0.3 is 14.5 Å². The van der Waals surface area contributed by atoms with E-state index in [0.29, 0.717) is 18.6 Å². The van der Waals surface area contributed by atoms with Crippen molar-refractivity contribution in [3.8, 4) is 0 Å². The fourth-order valence-electron chi connectivity index (χ4n) is 2.94. The highest BCUT2D eigenvalue weighted by atomic mass is 16.6. The van der Waals surface area contributed by atoms with Crippen LogP contribution >= 0.6 is 0 Å². The van der Waals surface area contributed by atoms with Gasteiger partial charge in [0, 0.05) is 6.42 Å². The SMILES string of the molecule is CCCCCC1OC1C/C=C/CC(=O)NCC[N+](C)(C)CCC. The van der Waals surface area contributed by atoms with Crippen LogP contribution in [0.25, 0.3) is 0 Å². The van der Waals surface area contributed by atoms with E-state index in [0.717, 1.165) is 30.5 Å². The summed E-state index contributed by atoms with van der Waals surface area (Å²) < 4.78 is 6.61. The number of likely N-dealkylation sites (N-methyl/N-ethyl adjacent to an activating group) is 1. The lowest BCUT2D eigenvalue weighted by atomic mass is 10.1. The zero-order valence-electron chi connectivity index (χ0n) is 15.6. The minimum Gasteiger partial charge on any atom is -0.369 e. The second-order valence-electron chi connectivity index (χ2n) is 7.35. The van der Waals surface area contributed by atoms with Crippen LogP contribution in [0.2, 0.25) is 0 Å². The second-order valence-corrected chi connectivity index (χ2v) is 7.35. The van der Waals surface area contributed by atoms with E-state index in [2.05, 4.69) is 39.3 Å². The average Bonchev–Trinajstić information content (AvgIpc) is 3.22. The molecule has 0 aromatic rings. The van der Waals surface area contributed by atoms with Crippen LogP contribution in [0.5, 0.6) is 0 Å². The van der Waals surface area contributed by atoms with Gasteiger partial charge in [-0.25, -0.2) is 0 Å². The first-order valence-corrected chi connectivity index (χ1v) is 9.37. The van der Waals surface area contributed by atoms with Crippen LogP contribution in [0.3, 0.4) is 0 Å². The van der Waals surface area contributed by atoms with Crippen molar-refractivity contribution >= 4 is 5.91 Å². The maximum Gasteiger partial charge on any atom is 0.224 e. The van der Waals surface area contributed by atoms with Crippen molar-refractivity contribution in [3.05, 3.63) is 12.2 Å². The Bertz CT molecular complexity index is 366. The van der Waals surface area contributed by atoms with Crippen LogP contribution in [-0.2, 0) is 9.53 Å². The largest absolute Gasteiger partial charge is 0.369 e. The monoisotopic (exact) mass is 325 g/mol. The highest BCUT2D eigenvalue weighted by Gasteiger charge is 2.36. The Hall–Kier alpha value is -0.870. The Balaban J connectivity index is 2.01. The zero-order valence-corrected chi connectivity index (χ0v) is 15.6. The molecule has 1 heterocycles. The van der Waals surface area contributed by atoms with E-state index < -0.39 is 0 Å². The third-order valence-electron chi connectivity index (χ3n) is 4.49. The van der Waals surface area contributed by atoms with Gasteiger partial charge in [0.05, 0.1) is 45.9 Å². The lowest BCUT2D eigenvalue weighted by molar-refractivity contribution is -0.889. The van der Waals surface area contributed by atoms with Gasteiger partial charge in [-0.05, 0) is 19.3 Å². The normalized spacial score (nSPS) is 20.9. The van der Waals surface area contributed by atoms with Gasteiger partial charge in [-0.2, -0.15) is 0 Å². The summed E-state index contributed by atoms with van der Waals surface area (Å²) in [6.07, 6.45) is 12.6. The number of ether oxygens (including phenoxy) is 1. The summed E-state index contributed by atoms with van der Waals surface area (Å²) in [5.74, 6) is 0.119. The fraction of sp³-hybridized carbons (Fsp3) is 0.842. The number of nitrogens with zero attached hydrogens (tertiary/aromatic N) is 1. The first-order chi connectivity index (χ1) is 11.0. The molecule has 23 heavy (non-hydrogen) atoms. The molecule has 4 heteroatoms. The molecule has 0 spiro atoms. The molecule has 0 aromatic carbocycles. The Morgan fingerprint density at radius 1 is 1.09 bits per heavy atom. The summed E-state index contributed by atoms with van der Waals surface area (Å²) in [6.45, 7) is 7.31. The van der Waals surface area contributed by atoms with Crippen LogP contribution in [0.1, 0.15) is 58.8 Å². The van der Waals surface area contributed by atoms with E-state index in [1.165, 1.54) is 32.1 Å². The van der Waals surface area contributed by atoms with Crippen molar-refractivity contribution in [3.63, 3.8) is 0 Å². The number of nitrogens with one attached hydrogen (secondary N) is 1. The number of carbonyl (C=O) groups excluding carboxylic acids is 1. The van der Waals surface area contributed by atoms with Crippen molar-refractivity contribution in [2.45, 2.75) is 71.0 Å². The van der Waals surface area contributed by atoms with Gasteiger partial charge in [-0.15, -0.1) is 0 Å². The Morgan fingerprint density at radius 3 is 2.57 bits per heavy atom. The highest BCUT2D eigenvalue weighted by Crippen LogP contribution is 2.30. The van der Waals surface area contributed by atoms with Crippen molar-refractivity contribution in [1.82, 2.24) is 5.32 Å². The number of amides is 1. The number of epoxide rings is 1. The first kappa shape index (κ1) is 20.2. The molecule has 1 fully saturated rings. The van der Waals surface area contributed by atoms with E-state index in [-0.39, 0.29) is 5.91 Å². The van der Waals surface area contributed by atoms with Gasteiger partial charge in [0.15, 0.2) is 0 Å². The van der Waals surface area contributed by atoms with Crippen LogP contribution in [0.15, 0.2) is 12.2 Å². The summed E-state index contributed by atoms with van der Waals surface area (Å²) in [4.78, 5) is 11.8. The number of unbranched alkanes of at least 4 members (excludes halogenated alkanes) is 2. The molecule has 134 valence electrons. The molecule has 0 radical (unpaired) electrons. The molecule has 1 aliphatic heterocycles.